The second-order valence-corrected chi connectivity index (χ2v) is 10.0. The van der Waals surface area contributed by atoms with Crippen molar-refractivity contribution in [3.8, 4) is 0 Å². The number of nitrogens with one attached hydrogen (secondary N) is 1. The van der Waals surface area contributed by atoms with E-state index in [0.29, 0.717) is 28.8 Å². The van der Waals surface area contributed by atoms with Crippen molar-refractivity contribution in [3.63, 3.8) is 0 Å². The number of hydrogen-bond acceptors (Lipinski definition) is 4. The van der Waals surface area contributed by atoms with Gasteiger partial charge in [0.05, 0.1) is 12.7 Å². The Labute approximate surface area is 160 Å². The van der Waals surface area contributed by atoms with Crippen molar-refractivity contribution >= 4 is 28.2 Å². The first-order valence-electron chi connectivity index (χ1n) is 9.82. The first kappa shape index (κ1) is 19.4. The lowest BCUT2D eigenvalue weighted by atomic mass is 9.72. The highest BCUT2D eigenvalue weighted by Gasteiger charge is 2.34. The second-order valence-electron chi connectivity index (χ2n) is 8.91. The number of carbonyl (C=O) groups is 2. The normalized spacial score (nSPS) is 20.7. The predicted molar refractivity (Wildman–Crippen MR) is 106 cm³/mol. The van der Waals surface area contributed by atoms with Crippen LogP contribution in [0.2, 0.25) is 0 Å². The zero-order chi connectivity index (χ0) is 18.9. The van der Waals surface area contributed by atoms with Gasteiger partial charge in [-0.3, -0.25) is 4.79 Å². The van der Waals surface area contributed by atoms with Gasteiger partial charge in [0.25, 0.3) is 0 Å². The molecule has 1 N–H and O–H groups in total. The molecule has 2 aliphatic rings. The molecule has 1 aromatic rings. The smallest absolute Gasteiger partial charge is 0.341 e. The minimum Gasteiger partial charge on any atom is -0.465 e. The van der Waals surface area contributed by atoms with Gasteiger partial charge in [0, 0.05) is 11.3 Å². The Morgan fingerprint density at radius 1 is 1.19 bits per heavy atom. The average Bonchev–Trinajstić information content (AvgIpc) is 3.19. The van der Waals surface area contributed by atoms with Crippen LogP contribution in [-0.2, 0) is 22.4 Å². The average molecular weight is 378 g/mol. The van der Waals surface area contributed by atoms with E-state index in [4.69, 9.17) is 4.74 Å². The van der Waals surface area contributed by atoms with Crippen LogP contribution in [0.25, 0.3) is 0 Å². The summed E-state index contributed by atoms with van der Waals surface area (Å²) in [5.41, 5.74) is 1.94. The fraction of sp³-hybridized carbons (Fsp3) is 0.714. The number of carbonyl (C=O) groups excluding carboxylic acids is 2. The number of rotatable bonds is 4. The zero-order valence-electron chi connectivity index (χ0n) is 16.4. The molecule has 144 valence electrons. The standard InChI is InChI=1S/C21H31NO3S/c1-21(2,3)14-9-10-15-16(12-14)26-19(18(15)20(24)25-4)22-17(23)11-13-7-5-6-8-13/h13-14H,5-12H2,1-4H3,(H,22,23). The maximum Gasteiger partial charge on any atom is 0.341 e. The lowest BCUT2D eigenvalue weighted by Gasteiger charge is -2.33. The molecule has 0 saturated heterocycles. The Morgan fingerprint density at radius 2 is 1.88 bits per heavy atom. The summed E-state index contributed by atoms with van der Waals surface area (Å²) in [6.07, 6.45) is 8.25. The number of fused-ring (bicyclic) bond motifs is 1. The lowest BCUT2D eigenvalue weighted by Crippen LogP contribution is -2.26. The number of amides is 1. The molecule has 0 radical (unpaired) electrons. The molecule has 1 heterocycles. The minimum absolute atomic E-state index is 0.0352. The summed E-state index contributed by atoms with van der Waals surface area (Å²) >= 11 is 1.58. The van der Waals surface area contributed by atoms with E-state index in [-0.39, 0.29) is 17.3 Å². The first-order valence-corrected chi connectivity index (χ1v) is 10.6. The van der Waals surface area contributed by atoms with Crippen LogP contribution in [0, 0.1) is 17.3 Å². The van der Waals surface area contributed by atoms with E-state index in [2.05, 4.69) is 26.1 Å². The van der Waals surface area contributed by atoms with Crippen molar-refractivity contribution in [2.45, 2.75) is 72.1 Å². The summed E-state index contributed by atoms with van der Waals surface area (Å²) in [6.45, 7) is 6.84. The maximum atomic E-state index is 12.5. The van der Waals surface area contributed by atoms with Gasteiger partial charge in [-0.15, -0.1) is 11.3 Å². The molecule has 1 fully saturated rings. The van der Waals surface area contributed by atoms with Crippen molar-refractivity contribution in [2.75, 3.05) is 12.4 Å². The monoisotopic (exact) mass is 377 g/mol. The summed E-state index contributed by atoms with van der Waals surface area (Å²) in [7, 11) is 1.41. The molecule has 1 aromatic heterocycles. The molecular formula is C21H31NO3S. The van der Waals surface area contributed by atoms with E-state index < -0.39 is 0 Å². The molecule has 0 bridgehead atoms. The Hall–Kier alpha value is -1.36. The molecule has 3 rings (SSSR count). The quantitative estimate of drug-likeness (QED) is 0.733. The van der Waals surface area contributed by atoms with Gasteiger partial charge in [-0.25, -0.2) is 4.79 Å². The van der Waals surface area contributed by atoms with Gasteiger partial charge < -0.3 is 10.1 Å². The molecular weight excluding hydrogens is 346 g/mol. The molecule has 1 amide bonds. The Morgan fingerprint density at radius 3 is 2.50 bits per heavy atom. The largest absolute Gasteiger partial charge is 0.465 e. The second kappa shape index (κ2) is 7.71. The van der Waals surface area contributed by atoms with Crippen LogP contribution in [0.1, 0.15) is 80.1 Å². The molecule has 0 aromatic carbocycles. The number of thiophene rings is 1. The van der Waals surface area contributed by atoms with E-state index in [9.17, 15) is 9.59 Å². The minimum atomic E-state index is -0.326. The van der Waals surface area contributed by atoms with Crippen molar-refractivity contribution in [3.05, 3.63) is 16.0 Å². The third-order valence-electron chi connectivity index (χ3n) is 6.08. The number of hydrogen-bond donors (Lipinski definition) is 1. The highest BCUT2D eigenvalue weighted by Crippen LogP contribution is 2.44. The zero-order valence-corrected chi connectivity index (χ0v) is 17.3. The predicted octanol–water partition coefficient (Wildman–Crippen LogP) is 5.20. The molecule has 1 unspecified atom stereocenters. The summed E-state index contributed by atoms with van der Waals surface area (Å²) in [5.74, 6) is 0.804. The van der Waals surface area contributed by atoms with Crippen molar-refractivity contribution < 1.29 is 14.3 Å². The topological polar surface area (TPSA) is 55.4 Å². The molecule has 5 heteroatoms. The third kappa shape index (κ3) is 4.13. The van der Waals surface area contributed by atoms with Gasteiger partial charge in [0.1, 0.15) is 5.00 Å². The Balaban J connectivity index is 1.81. The molecule has 1 atom stereocenters. The summed E-state index contributed by atoms with van der Waals surface area (Å²) < 4.78 is 5.03. The van der Waals surface area contributed by atoms with Crippen LogP contribution >= 0.6 is 11.3 Å². The van der Waals surface area contributed by atoms with Crippen molar-refractivity contribution in [1.29, 1.82) is 0 Å². The maximum absolute atomic E-state index is 12.5. The van der Waals surface area contributed by atoms with Gasteiger partial charge in [0.15, 0.2) is 0 Å². The van der Waals surface area contributed by atoms with Gasteiger partial charge in [0.2, 0.25) is 5.91 Å². The van der Waals surface area contributed by atoms with Gasteiger partial charge in [-0.05, 0) is 54.9 Å². The lowest BCUT2D eigenvalue weighted by molar-refractivity contribution is -0.117. The Bertz CT molecular complexity index is 680. The number of esters is 1. The van der Waals surface area contributed by atoms with Crippen molar-refractivity contribution in [2.24, 2.45) is 17.3 Å². The highest BCUT2D eigenvalue weighted by molar-refractivity contribution is 7.17. The fourth-order valence-electron chi connectivity index (χ4n) is 4.39. The van der Waals surface area contributed by atoms with E-state index in [0.717, 1.165) is 37.7 Å². The summed E-state index contributed by atoms with van der Waals surface area (Å²) in [6, 6.07) is 0. The SMILES string of the molecule is COC(=O)c1c(NC(=O)CC2CCCC2)sc2c1CCC(C(C)(C)C)C2. The van der Waals surface area contributed by atoms with E-state index in [1.54, 1.807) is 11.3 Å². The molecule has 4 nitrogen and oxygen atoms in total. The van der Waals surface area contributed by atoms with Gasteiger partial charge in [-0.1, -0.05) is 33.6 Å². The molecule has 0 spiro atoms. The molecule has 1 saturated carbocycles. The summed E-state index contributed by atoms with van der Waals surface area (Å²) in [4.78, 5) is 26.2. The van der Waals surface area contributed by atoms with Crippen LogP contribution in [0.5, 0.6) is 0 Å². The first-order chi connectivity index (χ1) is 12.3. The number of anilines is 1. The van der Waals surface area contributed by atoms with Crippen LogP contribution in [0.3, 0.4) is 0 Å². The van der Waals surface area contributed by atoms with Crippen LogP contribution < -0.4 is 5.32 Å². The van der Waals surface area contributed by atoms with E-state index in [1.165, 1.54) is 24.8 Å². The highest BCUT2D eigenvalue weighted by atomic mass is 32.1. The third-order valence-corrected chi connectivity index (χ3v) is 7.25. The summed E-state index contributed by atoms with van der Waals surface area (Å²) in [5, 5.41) is 3.74. The molecule has 0 aliphatic heterocycles. The van der Waals surface area contributed by atoms with E-state index >= 15 is 0 Å². The van der Waals surface area contributed by atoms with Crippen LogP contribution in [0.4, 0.5) is 5.00 Å². The number of ether oxygens (including phenoxy) is 1. The molecule has 2 aliphatic carbocycles. The van der Waals surface area contributed by atoms with Crippen LogP contribution in [-0.4, -0.2) is 19.0 Å². The number of methoxy groups -OCH3 is 1. The fourth-order valence-corrected chi connectivity index (χ4v) is 5.72. The van der Waals surface area contributed by atoms with Gasteiger partial charge in [-0.2, -0.15) is 0 Å². The molecule has 26 heavy (non-hydrogen) atoms. The van der Waals surface area contributed by atoms with E-state index in [1.807, 2.05) is 0 Å². The van der Waals surface area contributed by atoms with Crippen LogP contribution in [0.15, 0.2) is 0 Å². The van der Waals surface area contributed by atoms with Crippen molar-refractivity contribution in [1.82, 2.24) is 0 Å². The Kier molecular flexibility index (Phi) is 5.75. The van der Waals surface area contributed by atoms with Gasteiger partial charge >= 0.3 is 5.97 Å².